The molecule has 22 heavy (non-hydrogen) atoms. The van der Waals surface area contributed by atoms with Crippen LogP contribution >= 0.6 is 0 Å². The van der Waals surface area contributed by atoms with Crippen LogP contribution < -0.4 is 21.3 Å². The lowest BCUT2D eigenvalue weighted by Gasteiger charge is -2.11. The number of pyridine rings is 1. The molecule has 2 aromatic heterocycles. The molecule has 0 aliphatic heterocycles. The molecular formula is C14H18N4O4. The number of methoxy groups -OCH3 is 1. The van der Waals surface area contributed by atoms with Crippen LogP contribution in [0.25, 0.3) is 11.0 Å². The first-order chi connectivity index (χ1) is 10.5. The normalized spacial score (nSPS) is 10.7. The Morgan fingerprint density at radius 2 is 2.14 bits per heavy atom. The lowest BCUT2D eigenvalue weighted by molar-refractivity contribution is -0.121. The van der Waals surface area contributed by atoms with Gasteiger partial charge in [0.1, 0.15) is 17.7 Å². The van der Waals surface area contributed by atoms with Crippen molar-refractivity contribution >= 4 is 16.9 Å². The van der Waals surface area contributed by atoms with Gasteiger partial charge in [-0.15, -0.1) is 0 Å². The van der Waals surface area contributed by atoms with E-state index in [9.17, 15) is 14.4 Å². The summed E-state index contributed by atoms with van der Waals surface area (Å²) in [6.07, 6.45) is 2.23. The van der Waals surface area contributed by atoms with Crippen LogP contribution in [0.4, 0.5) is 0 Å². The van der Waals surface area contributed by atoms with E-state index in [1.54, 1.807) is 0 Å². The number of nitrogens with one attached hydrogen (secondary N) is 1. The van der Waals surface area contributed by atoms with Gasteiger partial charge < -0.3 is 10.1 Å². The average Bonchev–Trinajstić information content (AvgIpc) is 2.53. The Kier molecular flexibility index (Phi) is 4.59. The highest BCUT2D eigenvalue weighted by atomic mass is 16.5. The summed E-state index contributed by atoms with van der Waals surface area (Å²) >= 11 is 0. The molecule has 0 spiro atoms. The van der Waals surface area contributed by atoms with Gasteiger partial charge in [-0.3, -0.25) is 14.2 Å². The van der Waals surface area contributed by atoms with Gasteiger partial charge in [0, 0.05) is 19.8 Å². The summed E-state index contributed by atoms with van der Waals surface area (Å²) in [5.41, 5.74) is -0.959. The monoisotopic (exact) mass is 306 g/mol. The first-order valence-electron chi connectivity index (χ1n) is 6.90. The van der Waals surface area contributed by atoms with Crippen LogP contribution in [-0.2, 0) is 18.4 Å². The molecule has 0 radical (unpaired) electrons. The van der Waals surface area contributed by atoms with Crippen molar-refractivity contribution in [2.75, 3.05) is 13.7 Å². The fourth-order valence-electron chi connectivity index (χ4n) is 2.16. The van der Waals surface area contributed by atoms with Gasteiger partial charge in [0.15, 0.2) is 5.65 Å². The van der Waals surface area contributed by atoms with Gasteiger partial charge in [0.05, 0.1) is 7.11 Å². The minimum Gasteiger partial charge on any atom is -0.496 e. The van der Waals surface area contributed by atoms with Gasteiger partial charge in [0.25, 0.3) is 5.56 Å². The number of amides is 1. The fraction of sp³-hybridized carbons (Fsp3) is 0.429. The molecule has 0 aromatic carbocycles. The SMILES string of the molecule is CCCNC(=O)Cn1c(=O)c2c(OC)ccnc2n(C)c1=O. The zero-order chi connectivity index (χ0) is 16.3. The summed E-state index contributed by atoms with van der Waals surface area (Å²) in [5.74, 6) is -0.0726. The average molecular weight is 306 g/mol. The number of rotatable bonds is 5. The molecule has 0 aliphatic carbocycles. The maximum atomic E-state index is 12.5. The highest BCUT2D eigenvalue weighted by Gasteiger charge is 2.17. The van der Waals surface area contributed by atoms with Crippen molar-refractivity contribution in [1.29, 1.82) is 0 Å². The van der Waals surface area contributed by atoms with Gasteiger partial charge in [0.2, 0.25) is 5.91 Å². The van der Waals surface area contributed by atoms with Crippen LogP contribution in [0.1, 0.15) is 13.3 Å². The molecule has 2 aromatic rings. The highest BCUT2D eigenvalue weighted by Crippen LogP contribution is 2.18. The number of nitrogens with zero attached hydrogens (tertiary/aromatic N) is 3. The maximum Gasteiger partial charge on any atom is 0.332 e. The van der Waals surface area contributed by atoms with Gasteiger partial charge in [-0.05, 0) is 12.5 Å². The van der Waals surface area contributed by atoms with Crippen LogP contribution in [-0.4, -0.2) is 33.7 Å². The first-order valence-corrected chi connectivity index (χ1v) is 6.90. The van der Waals surface area contributed by atoms with E-state index in [1.165, 1.54) is 31.0 Å². The third-order valence-corrected chi connectivity index (χ3v) is 3.28. The molecule has 0 aliphatic rings. The predicted molar refractivity (Wildman–Crippen MR) is 81.1 cm³/mol. The molecule has 0 atom stereocenters. The van der Waals surface area contributed by atoms with Gasteiger partial charge in [-0.2, -0.15) is 0 Å². The number of fused-ring (bicyclic) bond motifs is 1. The number of hydrogen-bond donors (Lipinski definition) is 1. The van der Waals surface area contributed by atoms with Crippen LogP contribution in [0.15, 0.2) is 21.9 Å². The summed E-state index contributed by atoms with van der Waals surface area (Å²) in [7, 11) is 2.93. The third-order valence-electron chi connectivity index (χ3n) is 3.28. The van der Waals surface area contributed by atoms with Crippen molar-refractivity contribution in [2.24, 2.45) is 7.05 Å². The molecule has 0 bridgehead atoms. The quantitative estimate of drug-likeness (QED) is 0.813. The van der Waals surface area contributed by atoms with E-state index in [4.69, 9.17) is 4.74 Å². The summed E-state index contributed by atoms with van der Waals surface area (Å²) in [6.45, 7) is 2.07. The Morgan fingerprint density at radius 1 is 1.41 bits per heavy atom. The van der Waals surface area contributed by atoms with E-state index >= 15 is 0 Å². The van der Waals surface area contributed by atoms with Crippen molar-refractivity contribution in [3.63, 3.8) is 0 Å². The smallest absolute Gasteiger partial charge is 0.332 e. The zero-order valence-corrected chi connectivity index (χ0v) is 12.8. The predicted octanol–water partition coefficient (Wildman–Crippen LogP) is -0.370. The lowest BCUT2D eigenvalue weighted by Crippen LogP contribution is -2.43. The topological polar surface area (TPSA) is 95.2 Å². The molecule has 118 valence electrons. The number of aromatic nitrogens is 3. The summed E-state index contributed by atoms with van der Waals surface area (Å²) < 4.78 is 7.27. The fourth-order valence-corrected chi connectivity index (χ4v) is 2.16. The number of carbonyl (C=O) groups is 1. The Bertz CT molecular complexity index is 822. The van der Waals surface area contributed by atoms with Gasteiger partial charge in [-0.25, -0.2) is 14.3 Å². The van der Waals surface area contributed by atoms with Crippen LogP contribution in [0.3, 0.4) is 0 Å². The molecule has 0 saturated heterocycles. The second kappa shape index (κ2) is 6.42. The molecule has 0 saturated carbocycles. The van der Waals surface area contributed by atoms with Crippen molar-refractivity contribution in [1.82, 2.24) is 19.4 Å². The van der Waals surface area contributed by atoms with Gasteiger partial charge in [-0.1, -0.05) is 6.92 Å². The van der Waals surface area contributed by atoms with E-state index < -0.39 is 11.2 Å². The molecule has 1 N–H and O–H groups in total. The molecule has 0 unspecified atom stereocenters. The molecule has 2 rings (SSSR count). The zero-order valence-electron chi connectivity index (χ0n) is 12.8. The van der Waals surface area contributed by atoms with Crippen molar-refractivity contribution in [3.8, 4) is 5.75 Å². The minimum atomic E-state index is -0.593. The number of aryl methyl sites for hydroxylation is 1. The van der Waals surface area contributed by atoms with E-state index in [0.717, 1.165) is 11.0 Å². The van der Waals surface area contributed by atoms with E-state index in [2.05, 4.69) is 10.3 Å². The summed E-state index contributed by atoms with van der Waals surface area (Å²) in [4.78, 5) is 40.7. The number of ether oxygens (including phenoxy) is 1. The second-order valence-corrected chi connectivity index (χ2v) is 4.79. The molecule has 2 heterocycles. The van der Waals surface area contributed by atoms with Crippen LogP contribution in [0.5, 0.6) is 5.75 Å². The Labute approximate surface area is 126 Å². The molecular weight excluding hydrogens is 288 g/mol. The molecule has 0 fully saturated rings. The summed E-state index contributed by atoms with van der Waals surface area (Å²) in [5, 5.41) is 2.81. The third kappa shape index (κ3) is 2.72. The van der Waals surface area contributed by atoms with Crippen molar-refractivity contribution in [2.45, 2.75) is 19.9 Å². The van der Waals surface area contributed by atoms with Gasteiger partial charge >= 0.3 is 5.69 Å². The van der Waals surface area contributed by atoms with E-state index in [-0.39, 0.29) is 23.5 Å². The number of carbonyl (C=O) groups excluding carboxylic acids is 1. The van der Waals surface area contributed by atoms with Crippen LogP contribution in [0.2, 0.25) is 0 Å². The molecule has 1 amide bonds. The molecule has 8 nitrogen and oxygen atoms in total. The van der Waals surface area contributed by atoms with E-state index in [0.29, 0.717) is 12.3 Å². The largest absolute Gasteiger partial charge is 0.496 e. The maximum absolute atomic E-state index is 12.5. The highest BCUT2D eigenvalue weighted by molar-refractivity contribution is 5.81. The van der Waals surface area contributed by atoms with Crippen molar-refractivity contribution in [3.05, 3.63) is 33.1 Å². The standard InChI is InChI=1S/C14H18N4O4/c1-4-6-15-10(19)8-18-13(20)11-9(22-3)5-7-16-12(11)17(2)14(18)21/h5,7H,4,6,8H2,1-3H3,(H,15,19). The minimum absolute atomic E-state index is 0.176. The first kappa shape index (κ1) is 15.7. The Morgan fingerprint density at radius 3 is 2.77 bits per heavy atom. The van der Waals surface area contributed by atoms with Crippen molar-refractivity contribution < 1.29 is 9.53 Å². The van der Waals surface area contributed by atoms with Crippen LogP contribution in [0, 0.1) is 0 Å². The summed E-state index contributed by atoms with van der Waals surface area (Å²) in [6, 6.07) is 1.54. The second-order valence-electron chi connectivity index (χ2n) is 4.79. The van der Waals surface area contributed by atoms with E-state index in [1.807, 2.05) is 6.92 Å². The Hall–Kier alpha value is -2.64. The lowest BCUT2D eigenvalue weighted by atomic mass is 10.3. The number of hydrogen-bond acceptors (Lipinski definition) is 5. The Balaban J connectivity index is 2.63. The molecule has 8 heteroatoms.